The monoisotopic (exact) mass is 245 g/mol. The molecule has 92 valence electrons. The van der Waals surface area contributed by atoms with Crippen LogP contribution in [0.5, 0.6) is 0 Å². The highest BCUT2D eigenvalue weighted by Crippen LogP contribution is 2.20. The zero-order valence-corrected chi connectivity index (χ0v) is 10.3. The molecule has 2 N–H and O–H groups in total. The second-order valence-corrected chi connectivity index (χ2v) is 4.31. The Labute approximate surface area is 103 Å². The Balaban J connectivity index is 0.00000128. The molecule has 0 aromatic carbocycles. The average molecular weight is 246 g/mol. The Morgan fingerprint density at radius 3 is 3.12 bits per heavy atom. The molecular weight excluding hydrogens is 226 g/mol. The lowest BCUT2D eigenvalue weighted by molar-refractivity contribution is 0.159. The molecule has 1 aliphatic heterocycles. The highest BCUT2D eigenvalue weighted by Gasteiger charge is 2.19. The number of rotatable bonds is 4. The van der Waals surface area contributed by atoms with Crippen molar-refractivity contribution in [3.8, 4) is 0 Å². The Morgan fingerprint density at radius 1 is 1.56 bits per heavy atom. The molecule has 1 aromatic rings. The zero-order chi connectivity index (χ0) is 10.5. The first-order chi connectivity index (χ1) is 7.38. The number of aromatic nitrogens is 1. The number of likely N-dealkylation sites (tertiary alicyclic amines) is 1. The van der Waals surface area contributed by atoms with Crippen LogP contribution in [0.2, 0.25) is 0 Å². The van der Waals surface area contributed by atoms with Crippen LogP contribution in [0.1, 0.15) is 25.0 Å². The lowest BCUT2D eigenvalue weighted by Crippen LogP contribution is -2.35. The molecular formula is C11H20ClN3O. The largest absolute Gasteiger partial charge is 0.364 e. The summed E-state index contributed by atoms with van der Waals surface area (Å²) in [4.78, 5) is 2.45. The van der Waals surface area contributed by atoms with Gasteiger partial charge in [0.2, 0.25) is 0 Å². The summed E-state index contributed by atoms with van der Waals surface area (Å²) < 4.78 is 4.83. The Hall–Kier alpha value is -0.580. The van der Waals surface area contributed by atoms with Crippen molar-refractivity contribution in [2.24, 2.45) is 11.7 Å². The van der Waals surface area contributed by atoms with Crippen LogP contribution in [0.25, 0.3) is 0 Å². The third-order valence-electron chi connectivity index (χ3n) is 3.05. The summed E-state index contributed by atoms with van der Waals surface area (Å²) in [5.41, 5.74) is 6.63. The number of nitrogens with two attached hydrogens (primary N) is 1. The molecule has 0 bridgehead atoms. The molecule has 1 aromatic heterocycles. The van der Waals surface area contributed by atoms with Gasteiger partial charge in [0.15, 0.2) is 0 Å². The summed E-state index contributed by atoms with van der Waals surface area (Å²) in [5.74, 6) is 0.774. The number of halogens is 1. The number of piperidine rings is 1. The molecule has 16 heavy (non-hydrogen) atoms. The second-order valence-electron chi connectivity index (χ2n) is 4.31. The van der Waals surface area contributed by atoms with Crippen LogP contribution in [0.15, 0.2) is 16.9 Å². The summed E-state index contributed by atoms with van der Waals surface area (Å²) in [7, 11) is 0. The van der Waals surface area contributed by atoms with E-state index in [9.17, 15) is 0 Å². The lowest BCUT2D eigenvalue weighted by Gasteiger charge is -2.31. The third kappa shape index (κ3) is 3.77. The molecule has 1 unspecified atom stereocenters. The molecule has 0 radical (unpaired) electrons. The molecule has 5 heteroatoms. The molecule has 1 saturated heterocycles. The molecule has 2 heterocycles. The van der Waals surface area contributed by atoms with Crippen molar-refractivity contribution in [1.29, 1.82) is 0 Å². The van der Waals surface area contributed by atoms with E-state index in [-0.39, 0.29) is 12.4 Å². The third-order valence-corrected chi connectivity index (χ3v) is 3.05. The van der Waals surface area contributed by atoms with E-state index in [1.807, 2.05) is 6.07 Å². The fraction of sp³-hybridized carbons (Fsp3) is 0.727. The van der Waals surface area contributed by atoms with Gasteiger partial charge in [0.1, 0.15) is 6.26 Å². The zero-order valence-electron chi connectivity index (χ0n) is 9.47. The fourth-order valence-electron chi connectivity index (χ4n) is 2.31. The van der Waals surface area contributed by atoms with Crippen LogP contribution in [0.4, 0.5) is 0 Å². The molecule has 1 aliphatic rings. The second kappa shape index (κ2) is 6.89. The molecule has 2 rings (SSSR count). The van der Waals surface area contributed by atoms with Gasteiger partial charge in [-0.05, 0) is 38.3 Å². The van der Waals surface area contributed by atoms with Crippen LogP contribution < -0.4 is 5.73 Å². The van der Waals surface area contributed by atoms with Crippen LogP contribution >= 0.6 is 12.4 Å². The highest BCUT2D eigenvalue weighted by atomic mass is 35.5. The van der Waals surface area contributed by atoms with Gasteiger partial charge in [-0.25, -0.2) is 0 Å². The van der Waals surface area contributed by atoms with Gasteiger partial charge in [0.25, 0.3) is 0 Å². The average Bonchev–Trinajstić information content (AvgIpc) is 2.71. The van der Waals surface area contributed by atoms with Crippen molar-refractivity contribution in [1.82, 2.24) is 10.1 Å². The Morgan fingerprint density at radius 2 is 2.44 bits per heavy atom. The molecule has 0 saturated carbocycles. The van der Waals surface area contributed by atoms with Crippen molar-refractivity contribution < 1.29 is 4.52 Å². The SMILES string of the molecule is Cl.NCCC1CCCN(Cc2ccon2)C1. The number of hydrogen-bond donors (Lipinski definition) is 1. The van der Waals surface area contributed by atoms with Crippen LogP contribution in [-0.4, -0.2) is 29.7 Å². The van der Waals surface area contributed by atoms with E-state index in [1.165, 1.54) is 19.4 Å². The standard InChI is InChI=1S/C11H19N3O.ClH/c12-5-3-10-2-1-6-14(8-10)9-11-4-7-15-13-11;/h4,7,10H,1-3,5-6,8-9,12H2;1H. The minimum absolute atomic E-state index is 0. The van der Waals surface area contributed by atoms with Crippen LogP contribution in [0.3, 0.4) is 0 Å². The van der Waals surface area contributed by atoms with Gasteiger partial charge in [-0.1, -0.05) is 5.16 Å². The maximum atomic E-state index is 5.59. The van der Waals surface area contributed by atoms with E-state index in [0.29, 0.717) is 0 Å². The predicted octanol–water partition coefficient (Wildman–Crippen LogP) is 1.66. The smallest absolute Gasteiger partial charge is 0.124 e. The van der Waals surface area contributed by atoms with E-state index < -0.39 is 0 Å². The number of hydrogen-bond acceptors (Lipinski definition) is 4. The van der Waals surface area contributed by atoms with Gasteiger partial charge in [-0.15, -0.1) is 12.4 Å². The van der Waals surface area contributed by atoms with Crippen LogP contribution in [0, 0.1) is 5.92 Å². The highest BCUT2D eigenvalue weighted by molar-refractivity contribution is 5.85. The summed E-state index contributed by atoms with van der Waals surface area (Å²) in [6.07, 6.45) is 5.39. The first-order valence-corrected chi connectivity index (χ1v) is 5.70. The Kier molecular flexibility index (Phi) is 5.80. The van der Waals surface area contributed by atoms with E-state index in [1.54, 1.807) is 6.26 Å². The van der Waals surface area contributed by atoms with Gasteiger partial charge >= 0.3 is 0 Å². The molecule has 0 amide bonds. The van der Waals surface area contributed by atoms with E-state index in [0.717, 1.165) is 37.7 Å². The summed E-state index contributed by atoms with van der Waals surface area (Å²) in [6, 6.07) is 1.94. The van der Waals surface area contributed by atoms with Crippen molar-refractivity contribution in [3.63, 3.8) is 0 Å². The molecule has 1 atom stereocenters. The first kappa shape index (κ1) is 13.5. The topological polar surface area (TPSA) is 55.3 Å². The first-order valence-electron chi connectivity index (χ1n) is 5.70. The molecule has 0 aliphatic carbocycles. The van der Waals surface area contributed by atoms with Gasteiger partial charge in [0, 0.05) is 19.2 Å². The van der Waals surface area contributed by atoms with Crippen LogP contribution in [-0.2, 0) is 6.54 Å². The molecule has 4 nitrogen and oxygen atoms in total. The summed E-state index contributed by atoms with van der Waals surface area (Å²) >= 11 is 0. The van der Waals surface area contributed by atoms with E-state index >= 15 is 0 Å². The van der Waals surface area contributed by atoms with Crippen molar-refractivity contribution in [2.75, 3.05) is 19.6 Å². The quantitative estimate of drug-likeness (QED) is 0.877. The lowest BCUT2D eigenvalue weighted by atomic mass is 9.95. The predicted molar refractivity (Wildman–Crippen MR) is 65.4 cm³/mol. The number of nitrogens with zero attached hydrogens (tertiary/aromatic N) is 2. The van der Waals surface area contributed by atoms with Crippen molar-refractivity contribution >= 4 is 12.4 Å². The van der Waals surface area contributed by atoms with Crippen molar-refractivity contribution in [2.45, 2.75) is 25.8 Å². The van der Waals surface area contributed by atoms with E-state index in [2.05, 4.69) is 10.1 Å². The van der Waals surface area contributed by atoms with Gasteiger partial charge < -0.3 is 10.3 Å². The van der Waals surface area contributed by atoms with Crippen molar-refractivity contribution in [3.05, 3.63) is 18.0 Å². The summed E-state index contributed by atoms with van der Waals surface area (Å²) in [6.45, 7) is 4.05. The maximum Gasteiger partial charge on any atom is 0.124 e. The molecule has 1 fully saturated rings. The Bertz CT molecular complexity index is 277. The van der Waals surface area contributed by atoms with Gasteiger partial charge in [-0.2, -0.15) is 0 Å². The van der Waals surface area contributed by atoms with Gasteiger partial charge in [-0.3, -0.25) is 4.90 Å². The summed E-state index contributed by atoms with van der Waals surface area (Å²) in [5, 5.41) is 3.94. The maximum absolute atomic E-state index is 5.59. The normalized spacial score (nSPS) is 21.7. The van der Waals surface area contributed by atoms with E-state index in [4.69, 9.17) is 10.3 Å². The fourth-order valence-corrected chi connectivity index (χ4v) is 2.31. The molecule has 0 spiro atoms. The minimum Gasteiger partial charge on any atom is -0.364 e. The minimum atomic E-state index is 0. The van der Waals surface area contributed by atoms with Gasteiger partial charge in [0.05, 0.1) is 5.69 Å².